The molecule has 0 saturated carbocycles. The quantitative estimate of drug-likeness (QED) is 0.786. The average molecular weight is 303 g/mol. The first kappa shape index (κ1) is 15.7. The van der Waals surface area contributed by atoms with Crippen LogP contribution in [0.5, 0.6) is 5.75 Å². The molecule has 0 spiro atoms. The van der Waals surface area contributed by atoms with Crippen LogP contribution < -0.4 is 15.1 Å². The second-order valence-corrected chi connectivity index (χ2v) is 7.14. The van der Waals surface area contributed by atoms with Gasteiger partial charge in [0.25, 0.3) is 0 Å². The molecule has 0 amide bonds. The Labute approximate surface area is 133 Å². The zero-order valence-electron chi connectivity index (χ0n) is 14.5. The van der Waals surface area contributed by atoms with Gasteiger partial charge in [0.05, 0.1) is 23.4 Å². The fourth-order valence-corrected chi connectivity index (χ4v) is 3.12. The zero-order chi connectivity index (χ0) is 16.1. The van der Waals surface area contributed by atoms with Gasteiger partial charge in [-0.15, -0.1) is 0 Å². The molecule has 2 aliphatic heterocycles. The van der Waals surface area contributed by atoms with Crippen LogP contribution in [0.1, 0.15) is 40.2 Å². The lowest BCUT2D eigenvalue weighted by Crippen LogP contribution is -2.41. The highest BCUT2D eigenvalue weighted by molar-refractivity contribution is 6.62. The highest BCUT2D eigenvalue weighted by atomic mass is 16.7. The molecule has 2 heterocycles. The molecule has 1 fully saturated rings. The molecule has 0 N–H and O–H groups in total. The number of rotatable bonds is 2. The zero-order valence-corrected chi connectivity index (χ0v) is 14.5. The van der Waals surface area contributed by atoms with Crippen molar-refractivity contribution >= 4 is 18.3 Å². The molecular formula is C17H26BNO3. The summed E-state index contributed by atoms with van der Waals surface area (Å²) in [5.41, 5.74) is 2.84. The number of nitrogens with zero attached hydrogens (tertiary/aromatic N) is 1. The Kier molecular flexibility index (Phi) is 3.69. The van der Waals surface area contributed by atoms with Crippen molar-refractivity contribution in [2.75, 3.05) is 24.6 Å². The Morgan fingerprint density at radius 2 is 1.77 bits per heavy atom. The molecule has 0 unspecified atom stereocenters. The summed E-state index contributed by atoms with van der Waals surface area (Å²) in [4.78, 5) is 2.36. The molecule has 1 saturated heterocycles. The number of hydrogen-bond donors (Lipinski definition) is 0. The monoisotopic (exact) mass is 303 g/mol. The molecule has 0 aromatic heterocycles. The second-order valence-electron chi connectivity index (χ2n) is 7.14. The first-order valence-corrected chi connectivity index (χ1v) is 8.13. The van der Waals surface area contributed by atoms with Gasteiger partial charge in [-0.25, -0.2) is 0 Å². The van der Waals surface area contributed by atoms with Crippen LogP contribution in [0, 0.1) is 6.92 Å². The minimum absolute atomic E-state index is 0.318. The van der Waals surface area contributed by atoms with Crippen LogP contribution >= 0.6 is 0 Å². The van der Waals surface area contributed by atoms with E-state index in [-0.39, 0.29) is 18.3 Å². The van der Waals surface area contributed by atoms with Crippen molar-refractivity contribution in [3.8, 4) is 5.75 Å². The van der Waals surface area contributed by atoms with E-state index in [9.17, 15) is 0 Å². The van der Waals surface area contributed by atoms with Crippen LogP contribution in [0.3, 0.4) is 0 Å². The standard InChI is InChI=1S/C17H26BNO3/c1-7-19-10-11-20-14-9-8-13(12(2)15(14)19)18-21-16(3,4)17(5,6)22-18/h8-9H,7,10-11H2,1-6H3. The molecule has 120 valence electrons. The highest BCUT2D eigenvalue weighted by Gasteiger charge is 2.52. The molecule has 3 rings (SSSR count). The normalized spacial score (nSPS) is 22.5. The molecule has 22 heavy (non-hydrogen) atoms. The Morgan fingerprint density at radius 1 is 1.14 bits per heavy atom. The number of fused-ring (bicyclic) bond motifs is 1. The maximum atomic E-state index is 6.21. The van der Waals surface area contributed by atoms with Crippen molar-refractivity contribution in [3.05, 3.63) is 17.7 Å². The van der Waals surface area contributed by atoms with Gasteiger partial charge < -0.3 is 18.9 Å². The maximum absolute atomic E-state index is 6.21. The van der Waals surface area contributed by atoms with Crippen molar-refractivity contribution in [2.24, 2.45) is 0 Å². The first-order valence-electron chi connectivity index (χ1n) is 8.13. The molecule has 0 radical (unpaired) electrons. The van der Waals surface area contributed by atoms with Gasteiger partial charge in [0.15, 0.2) is 0 Å². The topological polar surface area (TPSA) is 30.9 Å². The first-order chi connectivity index (χ1) is 10.3. The van der Waals surface area contributed by atoms with E-state index in [1.165, 1.54) is 11.3 Å². The molecule has 1 aromatic carbocycles. The van der Waals surface area contributed by atoms with Crippen LogP contribution in [-0.4, -0.2) is 38.0 Å². The lowest BCUT2D eigenvalue weighted by Gasteiger charge is -2.32. The summed E-state index contributed by atoms with van der Waals surface area (Å²) in [6.07, 6.45) is 0. The van der Waals surface area contributed by atoms with E-state index < -0.39 is 0 Å². The van der Waals surface area contributed by atoms with Gasteiger partial charge in [-0.1, -0.05) is 6.07 Å². The minimum Gasteiger partial charge on any atom is -0.490 e. The van der Waals surface area contributed by atoms with Crippen molar-refractivity contribution in [1.82, 2.24) is 0 Å². The van der Waals surface area contributed by atoms with Crippen molar-refractivity contribution in [2.45, 2.75) is 52.7 Å². The third kappa shape index (κ3) is 2.31. The van der Waals surface area contributed by atoms with Crippen molar-refractivity contribution in [1.29, 1.82) is 0 Å². The Balaban J connectivity index is 2.00. The summed E-state index contributed by atoms with van der Waals surface area (Å²) in [7, 11) is -0.323. The van der Waals surface area contributed by atoms with E-state index in [0.29, 0.717) is 0 Å². The lowest BCUT2D eigenvalue weighted by atomic mass is 9.75. The van der Waals surface area contributed by atoms with Crippen LogP contribution in [0.2, 0.25) is 0 Å². The van der Waals surface area contributed by atoms with Crippen LogP contribution in [0.25, 0.3) is 0 Å². The summed E-state index contributed by atoms with van der Waals surface area (Å²) in [5, 5.41) is 0. The van der Waals surface area contributed by atoms with E-state index in [4.69, 9.17) is 14.0 Å². The van der Waals surface area contributed by atoms with E-state index >= 15 is 0 Å². The largest absolute Gasteiger partial charge is 0.495 e. The fourth-order valence-electron chi connectivity index (χ4n) is 3.12. The van der Waals surface area contributed by atoms with E-state index in [1.807, 2.05) is 6.07 Å². The smallest absolute Gasteiger partial charge is 0.490 e. The summed E-state index contributed by atoms with van der Waals surface area (Å²) in [6, 6.07) is 4.12. The van der Waals surface area contributed by atoms with Gasteiger partial charge in [-0.3, -0.25) is 0 Å². The van der Waals surface area contributed by atoms with Crippen molar-refractivity contribution in [3.63, 3.8) is 0 Å². The molecule has 5 heteroatoms. The summed E-state index contributed by atoms with van der Waals surface area (Å²) in [5.74, 6) is 0.964. The third-order valence-corrected chi connectivity index (χ3v) is 5.26. The van der Waals surface area contributed by atoms with Crippen molar-refractivity contribution < 1.29 is 14.0 Å². The number of hydrogen-bond acceptors (Lipinski definition) is 4. The van der Waals surface area contributed by atoms with Gasteiger partial charge in [0.1, 0.15) is 12.4 Å². The van der Waals surface area contributed by atoms with Crippen LogP contribution in [0.4, 0.5) is 5.69 Å². The van der Waals surface area contributed by atoms with Gasteiger partial charge in [-0.05, 0) is 58.6 Å². The Morgan fingerprint density at radius 3 is 2.36 bits per heavy atom. The van der Waals surface area contributed by atoms with E-state index in [1.54, 1.807) is 0 Å². The summed E-state index contributed by atoms with van der Waals surface area (Å²) >= 11 is 0. The molecule has 0 atom stereocenters. The predicted octanol–water partition coefficient (Wildman–Crippen LogP) is 2.51. The molecule has 0 aliphatic carbocycles. The molecule has 0 bridgehead atoms. The Bertz CT molecular complexity index is 570. The molecule has 1 aromatic rings. The third-order valence-electron chi connectivity index (χ3n) is 5.26. The average Bonchev–Trinajstić information content (AvgIpc) is 2.67. The van der Waals surface area contributed by atoms with Gasteiger partial charge in [0.2, 0.25) is 0 Å². The number of anilines is 1. The van der Waals surface area contributed by atoms with Gasteiger partial charge in [-0.2, -0.15) is 0 Å². The van der Waals surface area contributed by atoms with Crippen LogP contribution in [-0.2, 0) is 9.31 Å². The molecule has 4 nitrogen and oxygen atoms in total. The fraction of sp³-hybridized carbons (Fsp3) is 0.647. The SMILES string of the molecule is CCN1CCOc2ccc(B3OC(C)(C)C(C)(C)O3)c(C)c21. The molecular weight excluding hydrogens is 277 g/mol. The van der Waals surface area contributed by atoms with Gasteiger partial charge >= 0.3 is 7.12 Å². The lowest BCUT2D eigenvalue weighted by molar-refractivity contribution is 0.00578. The predicted molar refractivity (Wildman–Crippen MR) is 90.3 cm³/mol. The minimum atomic E-state index is -0.323. The number of ether oxygens (including phenoxy) is 1. The van der Waals surface area contributed by atoms with E-state index in [0.717, 1.165) is 30.9 Å². The van der Waals surface area contributed by atoms with E-state index in [2.05, 4.69) is 52.5 Å². The number of likely N-dealkylation sites (N-methyl/N-ethyl adjacent to an activating group) is 1. The summed E-state index contributed by atoms with van der Waals surface area (Å²) in [6.45, 7) is 15.3. The summed E-state index contributed by atoms with van der Waals surface area (Å²) < 4.78 is 18.2. The second kappa shape index (κ2) is 5.17. The maximum Gasteiger partial charge on any atom is 0.495 e. The highest BCUT2D eigenvalue weighted by Crippen LogP contribution is 2.39. The van der Waals surface area contributed by atoms with Gasteiger partial charge in [0, 0.05) is 6.54 Å². The van der Waals surface area contributed by atoms with Crippen LogP contribution in [0.15, 0.2) is 12.1 Å². The molecule has 2 aliphatic rings. The Hall–Kier alpha value is -1.20. The number of benzene rings is 1.